The molecule has 0 bridgehead atoms. The minimum Gasteiger partial charge on any atom is -0.455 e. The van der Waals surface area contributed by atoms with Gasteiger partial charge in [0.1, 0.15) is 22.6 Å². The number of fused-ring (bicyclic) bond motifs is 1. The first-order chi connectivity index (χ1) is 14.9. The van der Waals surface area contributed by atoms with Crippen LogP contribution in [0, 0.1) is 25.2 Å². The van der Waals surface area contributed by atoms with Crippen molar-refractivity contribution < 1.29 is 4.42 Å². The van der Waals surface area contributed by atoms with Gasteiger partial charge in [-0.3, -0.25) is 9.78 Å². The number of aryl methyl sites for hydroxylation is 1. The SMILES string of the molecule is Cc1cc(C(C)Nc2ccc(Cl)nc2C#N)c2oc(-c3cccnc3)c(C)c(=O)c2c1. The van der Waals surface area contributed by atoms with Crippen LogP contribution in [0.15, 0.2) is 58.0 Å². The lowest BCUT2D eigenvalue weighted by Gasteiger charge is -2.19. The van der Waals surface area contributed by atoms with Crippen LogP contribution in [-0.2, 0) is 0 Å². The molecule has 154 valence electrons. The lowest BCUT2D eigenvalue weighted by atomic mass is 9.99. The van der Waals surface area contributed by atoms with Crippen molar-refractivity contribution in [2.24, 2.45) is 0 Å². The molecule has 4 rings (SSSR count). The summed E-state index contributed by atoms with van der Waals surface area (Å²) in [6.07, 6.45) is 3.34. The van der Waals surface area contributed by atoms with Crippen molar-refractivity contribution in [2.45, 2.75) is 26.8 Å². The number of rotatable bonds is 4. The topological polar surface area (TPSA) is 91.8 Å². The molecule has 1 N–H and O–H groups in total. The minimum absolute atomic E-state index is 0.0804. The van der Waals surface area contributed by atoms with Gasteiger partial charge in [0.2, 0.25) is 0 Å². The molecular weight excluding hydrogens is 412 g/mol. The Hall–Kier alpha value is -3.69. The highest BCUT2D eigenvalue weighted by Gasteiger charge is 2.19. The van der Waals surface area contributed by atoms with E-state index in [4.69, 9.17) is 16.0 Å². The van der Waals surface area contributed by atoms with Gasteiger partial charge in [-0.15, -0.1) is 0 Å². The van der Waals surface area contributed by atoms with Crippen LogP contribution in [0.4, 0.5) is 5.69 Å². The van der Waals surface area contributed by atoms with Gasteiger partial charge < -0.3 is 9.73 Å². The van der Waals surface area contributed by atoms with Crippen molar-refractivity contribution in [3.05, 3.63) is 86.6 Å². The van der Waals surface area contributed by atoms with E-state index in [0.717, 1.165) is 16.7 Å². The number of nitrogens with zero attached hydrogens (tertiary/aromatic N) is 3. The number of nitriles is 1. The summed E-state index contributed by atoms with van der Waals surface area (Å²) in [5.74, 6) is 0.494. The first-order valence-corrected chi connectivity index (χ1v) is 10.1. The lowest BCUT2D eigenvalue weighted by Crippen LogP contribution is -2.13. The third-order valence-corrected chi connectivity index (χ3v) is 5.33. The van der Waals surface area contributed by atoms with E-state index in [0.29, 0.717) is 28.0 Å². The molecular formula is C24H19ClN4O2. The van der Waals surface area contributed by atoms with Crippen molar-refractivity contribution in [1.29, 1.82) is 5.26 Å². The first-order valence-electron chi connectivity index (χ1n) is 9.70. The highest BCUT2D eigenvalue weighted by atomic mass is 35.5. The molecule has 0 radical (unpaired) electrons. The third-order valence-electron chi connectivity index (χ3n) is 5.12. The van der Waals surface area contributed by atoms with Crippen LogP contribution in [-0.4, -0.2) is 9.97 Å². The smallest absolute Gasteiger partial charge is 0.196 e. The van der Waals surface area contributed by atoms with Gasteiger partial charge in [-0.05, 0) is 56.7 Å². The number of hydrogen-bond acceptors (Lipinski definition) is 6. The van der Waals surface area contributed by atoms with Crippen LogP contribution < -0.4 is 10.7 Å². The van der Waals surface area contributed by atoms with Gasteiger partial charge in [0.05, 0.1) is 17.1 Å². The van der Waals surface area contributed by atoms with Gasteiger partial charge in [0.15, 0.2) is 11.1 Å². The molecule has 0 saturated heterocycles. The zero-order valence-corrected chi connectivity index (χ0v) is 18.0. The number of halogens is 1. The molecule has 7 heteroatoms. The van der Waals surface area contributed by atoms with Gasteiger partial charge in [-0.2, -0.15) is 5.26 Å². The van der Waals surface area contributed by atoms with Gasteiger partial charge in [0, 0.05) is 29.1 Å². The number of benzene rings is 1. The van der Waals surface area contributed by atoms with E-state index in [1.165, 1.54) is 0 Å². The van der Waals surface area contributed by atoms with Gasteiger partial charge in [-0.25, -0.2) is 4.98 Å². The average Bonchev–Trinajstić information content (AvgIpc) is 2.77. The summed E-state index contributed by atoms with van der Waals surface area (Å²) >= 11 is 5.91. The zero-order valence-electron chi connectivity index (χ0n) is 17.2. The molecule has 0 aliphatic rings. The average molecular weight is 431 g/mol. The Kier molecular flexibility index (Phi) is 5.45. The zero-order chi connectivity index (χ0) is 22.1. The number of aromatic nitrogens is 2. The molecule has 0 spiro atoms. The Labute approximate surface area is 184 Å². The van der Waals surface area contributed by atoms with Gasteiger partial charge in [0.25, 0.3) is 0 Å². The molecule has 0 saturated carbocycles. The first kappa shape index (κ1) is 20.6. The van der Waals surface area contributed by atoms with E-state index in [1.54, 1.807) is 37.5 Å². The Morgan fingerprint density at radius 1 is 1.23 bits per heavy atom. The predicted molar refractivity (Wildman–Crippen MR) is 121 cm³/mol. The number of pyridine rings is 2. The number of anilines is 1. The van der Waals surface area contributed by atoms with Crippen molar-refractivity contribution in [2.75, 3.05) is 5.32 Å². The van der Waals surface area contributed by atoms with Crippen LogP contribution >= 0.6 is 11.6 Å². The second kappa shape index (κ2) is 8.21. The molecule has 3 heterocycles. The molecule has 0 amide bonds. The summed E-state index contributed by atoms with van der Waals surface area (Å²) in [6.45, 7) is 5.63. The minimum atomic E-state index is -0.273. The number of hydrogen-bond donors (Lipinski definition) is 1. The number of nitrogens with one attached hydrogen (secondary N) is 1. The van der Waals surface area contributed by atoms with Crippen LogP contribution in [0.25, 0.3) is 22.3 Å². The van der Waals surface area contributed by atoms with E-state index in [9.17, 15) is 10.1 Å². The highest BCUT2D eigenvalue weighted by molar-refractivity contribution is 6.29. The second-order valence-corrected chi connectivity index (χ2v) is 7.75. The van der Waals surface area contributed by atoms with Crippen LogP contribution in [0.5, 0.6) is 0 Å². The fourth-order valence-corrected chi connectivity index (χ4v) is 3.76. The fraction of sp³-hybridized carbons (Fsp3) is 0.167. The molecule has 1 unspecified atom stereocenters. The van der Waals surface area contributed by atoms with Gasteiger partial charge in [-0.1, -0.05) is 17.7 Å². The normalized spacial score (nSPS) is 11.8. The predicted octanol–water partition coefficient (Wildman–Crippen LogP) is 5.57. The fourth-order valence-electron chi connectivity index (χ4n) is 3.61. The van der Waals surface area contributed by atoms with Crippen molar-refractivity contribution >= 4 is 28.3 Å². The van der Waals surface area contributed by atoms with E-state index < -0.39 is 0 Å². The summed E-state index contributed by atoms with van der Waals surface area (Å²) in [5.41, 5.74) is 4.18. The molecule has 6 nitrogen and oxygen atoms in total. The molecule has 0 aliphatic carbocycles. The van der Waals surface area contributed by atoms with E-state index in [-0.39, 0.29) is 22.3 Å². The van der Waals surface area contributed by atoms with E-state index >= 15 is 0 Å². The summed E-state index contributed by atoms with van der Waals surface area (Å²) in [7, 11) is 0. The Balaban J connectivity index is 1.89. The van der Waals surface area contributed by atoms with E-state index in [2.05, 4.69) is 21.4 Å². The van der Waals surface area contributed by atoms with Crippen LogP contribution in [0.3, 0.4) is 0 Å². The summed E-state index contributed by atoms with van der Waals surface area (Å²) in [6, 6.07) is 12.6. The summed E-state index contributed by atoms with van der Waals surface area (Å²) in [5, 5.41) is 13.5. The largest absolute Gasteiger partial charge is 0.455 e. The maximum Gasteiger partial charge on any atom is 0.196 e. The monoisotopic (exact) mass is 430 g/mol. The second-order valence-electron chi connectivity index (χ2n) is 7.37. The van der Waals surface area contributed by atoms with Crippen LogP contribution in [0.1, 0.15) is 35.3 Å². The van der Waals surface area contributed by atoms with E-state index in [1.807, 2.05) is 32.0 Å². The third kappa shape index (κ3) is 3.88. The Morgan fingerprint density at radius 2 is 2.03 bits per heavy atom. The lowest BCUT2D eigenvalue weighted by molar-refractivity contribution is 0.605. The molecule has 0 fully saturated rings. The molecule has 4 aromatic rings. The maximum absolute atomic E-state index is 13.2. The quantitative estimate of drug-likeness (QED) is 0.426. The van der Waals surface area contributed by atoms with Crippen molar-refractivity contribution in [3.8, 4) is 17.4 Å². The van der Waals surface area contributed by atoms with Gasteiger partial charge >= 0.3 is 0 Å². The summed E-state index contributed by atoms with van der Waals surface area (Å²) < 4.78 is 6.30. The molecule has 31 heavy (non-hydrogen) atoms. The summed E-state index contributed by atoms with van der Waals surface area (Å²) in [4.78, 5) is 21.4. The molecule has 0 aliphatic heterocycles. The van der Waals surface area contributed by atoms with Crippen molar-refractivity contribution in [1.82, 2.24) is 9.97 Å². The maximum atomic E-state index is 13.2. The molecule has 3 aromatic heterocycles. The Morgan fingerprint density at radius 3 is 2.74 bits per heavy atom. The van der Waals surface area contributed by atoms with Crippen LogP contribution in [0.2, 0.25) is 5.15 Å². The highest BCUT2D eigenvalue weighted by Crippen LogP contribution is 2.32. The standard InChI is InChI=1S/C24H19ClN4O2/c1-13-9-17(15(3)28-19-6-7-21(25)29-20(19)11-26)24-18(10-13)22(30)14(2)23(31-24)16-5-4-8-27-12-16/h4-10,12,15,28H,1-3H3. The van der Waals surface area contributed by atoms with Crippen molar-refractivity contribution in [3.63, 3.8) is 0 Å². The Bertz CT molecular complexity index is 1390. The molecule has 1 aromatic carbocycles. The molecule has 1 atom stereocenters.